The Labute approximate surface area is 152 Å². The smallest absolute Gasteiger partial charge is 0.277 e. The van der Waals surface area contributed by atoms with Gasteiger partial charge in [0.05, 0.1) is 12.7 Å². The van der Waals surface area contributed by atoms with E-state index in [0.717, 1.165) is 29.9 Å². The van der Waals surface area contributed by atoms with Gasteiger partial charge in [-0.2, -0.15) is 5.10 Å². The van der Waals surface area contributed by atoms with Crippen molar-refractivity contribution in [3.63, 3.8) is 0 Å². The zero-order valence-corrected chi connectivity index (χ0v) is 15.2. The van der Waals surface area contributed by atoms with Crippen molar-refractivity contribution in [2.24, 2.45) is 0 Å². The third-order valence-electron chi connectivity index (χ3n) is 4.34. The first-order valence-electron chi connectivity index (χ1n) is 8.18. The molecule has 25 heavy (non-hydrogen) atoms. The summed E-state index contributed by atoms with van der Waals surface area (Å²) < 4.78 is 1.27. The van der Waals surface area contributed by atoms with Gasteiger partial charge in [-0.05, 0) is 49.5 Å². The van der Waals surface area contributed by atoms with Gasteiger partial charge in [-0.1, -0.05) is 13.0 Å². The van der Waals surface area contributed by atoms with Crippen LogP contribution >= 0.6 is 12.8 Å². The molecule has 0 fully saturated rings. The molecular formula is C17H21N5O2S. The van der Waals surface area contributed by atoms with Crippen molar-refractivity contribution in [1.82, 2.24) is 14.5 Å². The second-order valence-electron chi connectivity index (χ2n) is 5.86. The predicted molar refractivity (Wildman–Crippen MR) is 100 cm³/mol. The lowest BCUT2D eigenvalue weighted by molar-refractivity contribution is -0.117. The molecule has 3 rings (SSSR count). The predicted octanol–water partition coefficient (Wildman–Crippen LogP) is 1.35. The Morgan fingerprint density at radius 1 is 1.36 bits per heavy atom. The number of carbonyl (C=O) groups excluding carboxylic acids is 2. The molecule has 2 amide bonds. The third kappa shape index (κ3) is 3.40. The molecule has 0 saturated heterocycles. The number of carbonyl (C=O) groups is 2. The first-order valence-corrected chi connectivity index (χ1v) is 8.58. The highest BCUT2D eigenvalue weighted by molar-refractivity contribution is 7.78. The molecule has 1 aliphatic rings. The molecule has 1 aliphatic heterocycles. The molecule has 0 atom stereocenters. The van der Waals surface area contributed by atoms with E-state index in [1.165, 1.54) is 4.09 Å². The van der Waals surface area contributed by atoms with E-state index in [2.05, 4.69) is 23.2 Å². The normalized spacial score (nSPS) is 13.0. The van der Waals surface area contributed by atoms with Crippen LogP contribution in [0.25, 0.3) is 0 Å². The van der Waals surface area contributed by atoms with Gasteiger partial charge in [0.1, 0.15) is 5.69 Å². The lowest BCUT2D eigenvalue weighted by Gasteiger charge is -2.21. The molecule has 132 valence electrons. The number of hydrogen-bond donors (Lipinski definition) is 2. The van der Waals surface area contributed by atoms with Crippen LogP contribution in [-0.4, -0.2) is 47.7 Å². The van der Waals surface area contributed by atoms with Crippen LogP contribution in [0.2, 0.25) is 0 Å². The van der Waals surface area contributed by atoms with Gasteiger partial charge >= 0.3 is 0 Å². The fraction of sp³-hybridized carbons (Fsp3) is 0.353. The van der Waals surface area contributed by atoms with Crippen LogP contribution in [0.4, 0.5) is 11.4 Å². The van der Waals surface area contributed by atoms with Crippen LogP contribution in [0.15, 0.2) is 30.5 Å². The number of nitrogens with zero attached hydrogens (tertiary/aromatic N) is 4. The Balaban J connectivity index is 1.85. The third-order valence-corrected chi connectivity index (χ3v) is 4.66. The monoisotopic (exact) mass is 359 g/mol. The minimum Gasteiger partial charge on any atom is -0.314 e. The Morgan fingerprint density at radius 2 is 2.16 bits per heavy atom. The quantitative estimate of drug-likeness (QED) is 0.791. The Hall–Kier alpha value is -2.32. The fourth-order valence-electron chi connectivity index (χ4n) is 2.87. The van der Waals surface area contributed by atoms with Crippen molar-refractivity contribution in [2.75, 3.05) is 36.5 Å². The number of likely N-dealkylation sites (N-methyl/N-ethyl adjacent to an activating group) is 2. The van der Waals surface area contributed by atoms with Crippen molar-refractivity contribution in [3.05, 3.63) is 41.7 Å². The molecule has 1 aromatic heterocycles. The number of anilines is 2. The molecule has 0 spiro atoms. The maximum atomic E-state index is 12.8. The van der Waals surface area contributed by atoms with E-state index in [9.17, 15) is 9.59 Å². The molecule has 8 heteroatoms. The summed E-state index contributed by atoms with van der Waals surface area (Å²) in [5, 5.41) is 6.96. The number of amides is 2. The molecule has 1 aromatic carbocycles. The summed E-state index contributed by atoms with van der Waals surface area (Å²) in [7, 11) is 1.74. The van der Waals surface area contributed by atoms with Crippen LogP contribution in [0, 0.1) is 0 Å². The highest BCUT2D eigenvalue weighted by Crippen LogP contribution is 2.33. The average molecular weight is 359 g/mol. The summed E-state index contributed by atoms with van der Waals surface area (Å²) in [4.78, 5) is 28.3. The Bertz CT molecular complexity index is 804. The average Bonchev–Trinajstić information content (AvgIpc) is 3.23. The van der Waals surface area contributed by atoms with Crippen LogP contribution in [-0.2, 0) is 11.2 Å². The summed E-state index contributed by atoms with van der Waals surface area (Å²) in [5.74, 6) is -0.170. The van der Waals surface area contributed by atoms with Crippen LogP contribution in [0.3, 0.4) is 0 Å². The molecular weight excluding hydrogens is 338 g/mol. The number of fused-ring (bicyclic) bond motifs is 1. The standard InChI is InChI=1S/C17H21N5O2S/c1-3-18-11-16(23)20(2)13-5-4-12-7-9-21(15(12)10-13)17(24)14-6-8-19-22(14)25/h4-6,8,10,18,25H,3,7,9,11H2,1-2H3. The number of aromatic nitrogens is 2. The van der Waals surface area contributed by atoms with Gasteiger partial charge in [-0.25, -0.2) is 4.09 Å². The molecule has 2 heterocycles. The molecule has 0 unspecified atom stereocenters. The van der Waals surface area contributed by atoms with Crippen molar-refractivity contribution in [1.29, 1.82) is 0 Å². The number of nitrogens with one attached hydrogen (secondary N) is 1. The first-order chi connectivity index (χ1) is 12.0. The molecule has 2 aromatic rings. The van der Waals surface area contributed by atoms with Gasteiger partial charge in [0.25, 0.3) is 5.91 Å². The van der Waals surface area contributed by atoms with Gasteiger partial charge in [0, 0.05) is 25.0 Å². The number of thiol groups is 1. The summed E-state index contributed by atoms with van der Waals surface area (Å²) in [6, 6.07) is 7.43. The minimum atomic E-state index is -0.148. The number of benzene rings is 1. The number of rotatable bonds is 5. The summed E-state index contributed by atoms with van der Waals surface area (Å²) in [6.45, 7) is 3.58. The van der Waals surface area contributed by atoms with Gasteiger partial charge in [0.15, 0.2) is 0 Å². The second-order valence-corrected chi connectivity index (χ2v) is 6.24. The summed E-state index contributed by atoms with van der Waals surface area (Å²) in [5.41, 5.74) is 3.11. The summed E-state index contributed by atoms with van der Waals surface area (Å²) in [6.07, 6.45) is 2.33. The van der Waals surface area contributed by atoms with Gasteiger partial charge in [0.2, 0.25) is 5.91 Å². The Morgan fingerprint density at radius 3 is 2.84 bits per heavy atom. The van der Waals surface area contributed by atoms with E-state index in [1.54, 1.807) is 29.1 Å². The lowest BCUT2D eigenvalue weighted by atomic mass is 10.1. The first kappa shape index (κ1) is 17.5. The van der Waals surface area contributed by atoms with Gasteiger partial charge in [-0.3, -0.25) is 9.59 Å². The molecule has 0 radical (unpaired) electrons. The van der Waals surface area contributed by atoms with E-state index in [4.69, 9.17) is 0 Å². The molecule has 1 N–H and O–H groups in total. The lowest BCUT2D eigenvalue weighted by Crippen LogP contribution is -2.35. The zero-order valence-electron chi connectivity index (χ0n) is 14.3. The van der Waals surface area contributed by atoms with E-state index in [-0.39, 0.29) is 18.4 Å². The van der Waals surface area contributed by atoms with Gasteiger partial charge < -0.3 is 15.1 Å². The van der Waals surface area contributed by atoms with E-state index < -0.39 is 0 Å². The van der Waals surface area contributed by atoms with Crippen molar-refractivity contribution < 1.29 is 9.59 Å². The zero-order chi connectivity index (χ0) is 18.0. The maximum Gasteiger partial charge on any atom is 0.277 e. The van der Waals surface area contributed by atoms with Crippen molar-refractivity contribution in [3.8, 4) is 0 Å². The molecule has 0 bridgehead atoms. The molecule has 0 saturated carbocycles. The highest BCUT2D eigenvalue weighted by Gasteiger charge is 2.28. The molecule has 0 aliphatic carbocycles. The van der Waals surface area contributed by atoms with Gasteiger partial charge in [-0.15, -0.1) is 0 Å². The fourth-order valence-corrected chi connectivity index (χ4v) is 3.08. The minimum absolute atomic E-state index is 0.0221. The molecule has 7 nitrogen and oxygen atoms in total. The Kier molecular flexibility index (Phi) is 5.10. The maximum absolute atomic E-state index is 12.8. The van der Waals surface area contributed by atoms with Crippen molar-refractivity contribution in [2.45, 2.75) is 13.3 Å². The topological polar surface area (TPSA) is 70.5 Å². The van der Waals surface area contributed by atoms with Crippen molar-refractivity contribution >= 4 is 36.0 Å². The largest absolute Gasteiger partial charge is 0.314 e. The highest BCUT2D eigenvalue weighted by atomic mass is 32.1. The second kappa shape index (κ2) is 7.28. The van der Waals surface area contributed by atoms with Crippen LogP contribution < -0.4 is 15.1 Å². The van der Waals surface area contributed by atoms with E-state index >= 15 is 0 Å². The van der Waals surface area contributed by atoms with Crippen LogP contribution in [0.1, 0.15) is 23.0 Å². The van der Waals surface area contributed by atoms with E-state index in [0.29, 0.717) is 12.2 Å². The summed E-state index contributed by atoms with van der Waals surface area (Å²) >= 11 is 4.16. The SMILES string of the molecule is CCNCC(=O)N(C)c1ccc2c(c1)N(C(=O)c1ccnn1S)CC2. The number of hydrogen-bond acceptors (Lipinski definition) is 5. The van der Waals surface area contributed by atoms with Crippen LogP contribution in [0.5, 0.6) is 0 Å². The van der Waals surface area contributed by atoms with E-state index in [1.807, 2.05) is 25.1 Å².